The van der Waals surface area contributed by atoms with Gasteiger partial charge in [-0.3, -0.25) is 0 Å². The summed E-state index contributed by atoms with van der Waals surface area (Å²) in [5.41, 5.74) is 5.92. The third kappa shape index (κ3) is 3.15. The minimum atomic E-state index is 0.193. The van der Waals surface area contributed by atoms with Crippen molar-refractivity contribution >= 4 is 23.4 Å². The summed E-state index contributed by atoms with van der Waals surface area (Å²) in [5, 5.41) is 1.91. The quantitative estimate of drug-likeness (QED) is 0.809. The molecular weight excluding hydrogens is 216 g/mol. The molecule has 1 aromatic rings. The summed E-state index contributed by atoms with van der Waals surface area (Å²) in [6, 6.07) is 3.87. The first-order valence-electron chi connectivity index (χ1n) is 4.68. The average molecular weight is 231 g/mol. The maximum absolute atomic E-state index is 5.99. The smallest absolute Gasteiger partial charge is 0.115 e. The van der Waals surface area contributed by atoms with Gasteiger partial charge in [-0.2, -0.15) is 0 Å². The van der Waals surface area contributed by atoms with Gasteiger partial charge in [-0.25, -0.2) is 4.98 Å². The molecule has 0 aliphatic heterocycles. The third-order valence-electron chi connectivity index (χ3n) is 2.10. The molecule has 4 heteroatoms. The Hall–Kier alpha value is -0.250. The van der Waals surface area contributed by atoms with Gasteiger partial charge in [-0.1, -0.05) is 25.4 Å². The molecule has 0 spiro atoms. The first-order valence-corrected chi connectivity index (χ1v) is 5.93. The third-order valence-corrected chi connectivity index (χ3v) is 3.78. The fraction of sp³-hybridized carbons (Fsp3) is 0.500. The van der Waals surface area contributed by atoms with Gasteiger partial charge in [0, 0.05) is 17.5 Å². The van der Waals surface area contributed by atoms with Crippen molar-refractivity contribution in [2.45, 2.75) is 36.6 Å². The molecule has 0 amide bonds. The Morgan fingerprint density at radius 1 is 1.64 bits per heavy atom. The van der Waals surface area contributed by atoms with Crippen molar-refractivity contribution in [1.29, 1.82) is 0 Å². The summed E-state index contributed by atoms with van der Waals surface area (Å²) in [6.45, 7) is 4.19. The minimum absolute atomic E-state index is 0.193. The van der Waals surface area contributed by atoms with Crippen molar-refractivity contribution in [3.8, 4) is 0 Å². The van der Waals surface area contributed by atoms with E-state index in [-0.39, 0.29) is 6.04 Å². The van der Waals surface area contributed by atoms with Crippen LogP contribution in [-0.2, 0) is 0 Å². The first-order chi connectivity index (χ1) is 6.65. The fourth-order valence-corrected chi connectivity index (χ4v) is 2.33. The van der Waals surface area contributed by atoms with Crippen LogP contribution in [0.3, 0.4) is 0 Å². The van der Waals surface area contributed by atoms with E-state index < -0.39 is 0 Å². The van der Waals surface area contributed by atoms with E-state index in [0.29, 0.717) is 10.3 Å². The fourth-order valence-electron chi connectivity index (χ4n) is 1.05. The van der Waals surface area contributed by atoms with E-state index >= 15 is 0 Å². The Bertz CT molecular complexity index is 293. The molecule has 0 fully saturated rings. The number of hydrogen-bond donors (Lipinski definition) is 1. The van der Waals surface area contributed by atoms with Gasteiger partial charge in [0.1, 0.15) is 5.03 Å². The van der Waals surface area contributed by atoms with Gasteiger partial charge in [-0.15, -0.1) is 11.8 Å². The second kappa shape index (κ2) is 5.59. The van der Waals surface area contributed by atoms with Gasteiger partial charge in [0.15, 0.2) is 0 Å². The zero-order chi connectivity index (χ0) is 10.6. The molecule has 0 aliphatic rings. The number of nitrogens with two attached hydrogens (primary N) is 1. The summed E-state index contributed by atoms with van der Waals surface area (Å²) in [4.78, 5) is 4.21. The van der Waals surface area contributed by atoms with Crippen LogP contribution in [0.2, 0.25) is 5.02 Å². The SMILES string of the molecule is CCC(N)C(C)Sc1ncccc1Cl. The number of halogens is 1. The second-order valence-electron chi connectivity index (χ2n) is 3.19. The lowest BCUT2D eigenvalue weighted by Crippen LogP contribution is -2.29. The van der Waals surface area contributed by atoms with Gasteiger partial charge in [0.25, 0.3) is 0 Å². The Morgan fingerprint density at radius 3 is 2.93 bits per heavy atom. The molecule has 14 heavy (non-hydrogen) atoms. The molecule has 1 heterocycles. The predicted molar refractivity (Wildman–Crippen MR) is 62.8 cm³/mol. The number of nitrogens with zero attached hydrogens (tertiary/aromatic N) is 1. The molecule has 0 radical (unpaired) electrons. The van der Waals surface area contributed by atoms with E-state index in [0.717, 1.165) is 11.4 Å². The molecule has 2 atom stereocenters. The summed E-state index contributed by atoms with van der Waals surface area (Å²) < 4.78 is 0. The van der Waals surface area contributed by atoms with Crippen molar-refractivity contribution in [2.75, 3.05) is 0 Å². The van der Waals surface area contributed by atoms with Gasteiger partial charge in [0.05, 0.1) is 5.02 Å². The van der Waals surface area contributed by atoms with Crippen LogP contribution < -0.4 is 5.73 Å². The van der Waals surface area contributed by atoms with E-state index in [4.69, 9.17) is 17.3 Å². The molecule has 2 unspecified atom stereocenters. The summed E-state index contributed by atoms with van der Waals surface area (Å²) in [7, 11) is 0. The average Bonchev–Trinajstić information content (AvgIpc) is 2.20. The maximum atomic E-state index is 5.99. The molecule has 2 nitrogen and oxygen atoms in total. The molecule has 0 bridgehead atoms. The van der Waals surface area contributed by atoms with Crippen LogP contribution in [0.15, 0.2) is 23.4 Å². The molecule has 1 rings (SSSR count). The van der Waals surface area contributed by atoms with Crippen molar-refractivity contribution in [3.63, 3.8) is 0 Å². The van der Waals surface area contributed by atoms with Crippen LogP contribution in [0.4, 0.5) is 0 Å². The Balaban J connectivity index is 2.64. The van der Waals surface area contributed by atoms with Gasteiger partial charge in [-0.05, 0) is 18.6 Å². The van der Waals surface area contributed by atoms with E-state index in [9.17, 15) is 0 Å². The van der Waals surface area contributed by atoms with Crippen molar-refractivity contribution in [3.05, 3.63) is 23.4 Å². The van der Waals surface area contributed by atoms with Crippen molar-refractivity contribution < 1.29 is 0 Å². The summed E-state index contributed by atoms with van der Waals surface area (Å²) in [6.07, 6.45) is 2.72. The highest BCUT2D eigenvalue weighted by molar-refractivity contribution is 8.00. The highest BCUT2D eigenvalue weighted by atomic mass is 35.5. The zero-order valence-electron chi connectivity index (χ0n) is 8.40. The van der Waals surface area contributed by atoms with Crippen LogP contribution >= 0.6 is 23.4 Å². The molecule has 78 valence electrons. The van der Waals surface area contributed by atoms with Gasteiger partial charge >= 0.3 is 0 Å². The Morgan fingerprint density at radius 2 is 2.36 bits per heavy atom. The van der Waals surface area contributed by atoms with Crippen LogP contribution in [0, 0.1) is 0 Å². The lowest BCUT2D eigenvalue weighted by molar-refractivity contribution is 0.642. The standard InChI is InChI=1S/C10H15ClN2S/c1-3-9(12)7(2)14-10-8(11)5-4-6-13-10/h4-7,9H,3,12H2,1-2H3. The van der Waals surface area contributed by atoms with Gasteiger partial charge in [0.2, 0.25) is 0 Å². The zero-order valence-corrected chi connectivity index (χ0v) is 9.98. The molecular formula is C10H15ClN2S. The molecule has 2 N–H and O–H groups in total. The van der Waals surface area contributed by atoms with Crippen LogP contribution in [-0.4, -0.2) is 16.3 Å². The largest absolute Gasteiger partial charge is 0.327 e. The second-order valence-corrected chi connectivity index (χ2v) is 4.96. The van der Waals surface area contributed by atoms with E-state index in [1.165, 1.54) is 0 Å². The van der Waals surface area contributed by atoms with Crippen molar-refractivity contribution in [1.82, 2.24) is 4.98 Å². The first kappa shape index (κ1) is 11.8. The van der Waals surface area contributed by atoms with E-state index in [1.807, 2.05) is 12.1 Å². The monoisotopic (exact) mass is 230 g/mol. The van der Waals surface area contributed by atoms with E-state index in [1.54, 1.807) is 18.0 Å². The normalized spacial score (nSPS) is 15.1. The predicted octanol–water partition coefficient (Wildman–Crippen LogP) is 2.95. The lowest BCUT2D eigenvalue weighted by Gasteiger charge is -2.17. The molecule has 1 aromatic heterocycles. The highest BCUT2D eigenvalue weighted by Gasteiger charge is 2.14. The summed E-state index contributed by atoms with van der Waals surface area (Å²) >= 11 is 7.63. The maximum Gasteiger partial charge on any atom is 0.115 e. The Labute approximate surface area is 94.2 Å². The summed E-state index contributed by atoms with van der Waals surface area (Å²) in [5.74, 6) is 0. The van der Waals surface area contributed by atoms with Crippen LogP contribution in [0.5, 0.6) is 0 Å². The number of thioether (sulfide) groups is 1. The lowest BCUT2D eigenvalue weighted by atomic mass is 10.2. The number of pyridine rings is 1. The Kier molecular flexibility index (Phi) is 4.72. The topological polar surface area (TPSA) is 38.9 Å². The molecule has 0 aromatic carbocycles. The molecule has 0 saturated heterocycles. The van der Waals surface area contributed by atoms with Crippen molar-refractivity contribution in [2.24, 2.45) is 5.73 Å². The molecule has 0 aliphatic carbocycles. The van der Waals surface area contributed by atoms with Crippen LogP contribution in [0.25, 0.3) is 0 Å². The number of rotatable bonds is 4. The van der Waals surface area contributed by atoms with Crippen LogP contribution in [0.1, 0.15) is 20.3 Å². The number of aromatic nitrogens is 1. The highest BCUT2D eigenvalue weighted by Crippen LogP contribution is 2.29. The molecule has 0 saturated carbocycles. The number of hydrogen-bond acceptors (Lipinski definition) is 3. The van der Waals surface area contributed by atoms with Gasteiger partial charge < -0.3 is 5.73 Å². The minimum Gasteiger partial charge on any atom is -0.327 e. The van der Waals surface area contributed by atoms with E-state index in [2.05, 4.69) is 18.8 Å².